The molecule has 0 saturated carbocycles. The Labute approximate surface area is 129 Å². The Morgan fingerprint density at radius 2 is 2.20 bits per heavy atom. The highest BCUT2D eigenvalue weighted by Gasteiger charge is 2.33. The Bertz CT molecular complexity index is 493. The first-order valence-corrected chi connectivity index (χ1v) is 7.54. The Morgan fingerprint density at radius 1 is 1.55 bits per heavy atom. The van der Waals surface area contributed by atoms with Gasteiger partial charge in [-0.2, -0.15) is 0 Å². The van der Waals surface area contributed by atoms with E-state index in [2.05, 4.69) is 26.2 Å². The van der Waals surface area contributed by atoms with Gasteiger partial charge in [0, 0.05) is 15.4 Å². The van der Waals surface area contributed by atoms with E-state index in [4.69, 9.17) is 10.8 Å². The highest BCUT2D eigenvalue weighted by molar-refractivity contribution is 9.10. The molecule has 20 heavy (non-hydrogen) atoms. The summed E-state index contributed by atoms with van der Waals surface area (Å²) >= 11 is 4.44. The molecule has 110 valence electrons. The Morgan fingerprint density at radius 3 is 2.70 bits per heavy atom. The molecule has 0 radical (unpaired) electrons. The van der Waals surface area contributed by atoms with E-state index in [1.54, 1.807) is 32.2 Å². The molecule has 1 rings (SSSR count). The topological polar surface area (TPSA) is 105 Å². The number of thioether (sulfide) groups is 1. The molecule has 1 amide bonds. The molecule has 1 aromatic rings. The fourth-order valence-corrected chi connectivity index (χ4v) is 2.36. The average Bonchev–Trinajstić information content (AvgIpc) is 2.38. The largest absolute Gasteiger partial charge is 0.480 e. The first-order chi connectivity index (χ1) is 9.22. The number of halogens is 1. The lowest BCUT2D eigenvalue weighted by molar-refractivity contribution is -0.139. The molecule has 1 heterocycles. The standard InChI is InChI=1S/C12H16BrN3O3S/c1-12(2,10(14)11(18)19)20-6-9(17)16-8-4-3-7(13)5-15-8/h3-5,10H,6,14H2,1-2H3,(H,18,19)(H,15,16,17)/t10-/m1/s1. The molecule has 8 heteroatoms. The van der Waals surface area contributed by atoms with Crippen LogP contribution in [0, 0.1) is 0 Å². The van der Waals surface area contributed by atoms with Crippen LogP contribution in [0.5, 0.6) is 0 Å². The zero-order valence-corrected chi connectivity index (χ0v) is 13.5. The Hall–Kier alpha value is -1.12. The predicted octanol–water partition coefficient (Wildman–Crippen LogP) is 1.71. The number of nitrogens with two attached hydrogens (primary N) is 1. The first-order valence-electron chi connectivity index (χ1n) is 5.76. The predicted molar refractivity (Wildman–Crippen MR) is 82.7 cm³/mol. The molecule has 0 aromatic carbocycles. The summed E-state index contributed by atoms with van der Waals surface area (Å²) in [5.41, 5.74) is 5.58. The average molecular weight is 362 g/mol. The fourth-order valence-electron chi connectivity index (χ4n) is 1.27. The van der Waals surface area contributed by atoms with Gasteiger partial charge < -0.3 is 16.2 Å². The quantitative estimate of drug-likeness (QED) is 0.712. The second-order valence-corrected chi connectivity index (χ2v) is 7.16. The van der Waals surface area contributed by atoms with Crippen molar-refractivity contribution < 1.29 is 14.7 Å². The number of carbonyl (C=O) groups excluding carboxylic acids is 1. The van der Waals surface area contributed by atoms with Gasteiger partial charge in [0.1, 0.15) is 11.9 Å². The van der Waals surface area contributed by atoms with Crippen LogP contribution >= 0.6 is 27.7 Å². The number of anilines is 1. The summed E-state index contributed by atoms with van der Waals surface area (Å²) in [6.45, 7) is 3.39. The number of hydrogen-bond donors (Lipinski definition) is 3. The van der Waals surface area contributed by atoms with Crippen molar-refractivity contribution in [3.05, 3.63) is 22.8 Å². The third-order valence-corrected chi connectivity index (χ3v) is 4.46. The van der Waals surface area contributed by atoms with E-state index in [0.29, 0.717) is 5.82 Å². The normalized spacial score (nSPS) is 12.8. The van der Waals surface area contributed by atoms with Crippen LogP contribution in [-0.2, 0) is 9.59 Å². The van der Waals surface area contributed by atoms with Crippen LogP contribution < -0.4 is 11.1 Å². The molecular weight excluding hydrogens is 346 g/mol. The molecule has 1 aromatic heterocycles. The van der Waals surface area contributed by atoms with Crippen molar-refractivity contribution in [3.8, 4) is 0 Å². The van der Waals surface area contributed by atoms with Gasteiger partial charge >= 0.3 is 5.97 Å². The van der Waals surface area contributed by atoms with Crippen LogP contribution in [0.15, 0.2) is 22.8 Å². The highest BCUT2D eigenvalue weighted by atomic mass is 79.9. The van der Waals surface area contributed by atoms with Crippen LogP contribution in [0.3, 0.4) is 0 Å². The van der Waals surface area contributed by atoms with Gasteiger partial charge in [0.15, 0.2) is 0 Å². The van der Waals surface area contributed by atoms with Crippen molar-refractivity contribution in [1.29, 1.82) is 0 Å². The van der Waals surface area contributed by atoms with E-state index < -0.39 is 16.8 Å². The van der Waals surface area contributed by atoms with Gasteiger partial charge in [-0.05, 0) is 41.9 Å². The monoisotopic (exact) mass is 361 g/mol. The summed E-state index contributed by atoms with van der Waals surface area (Å²) in [5, 5.41) is 11.5. The van der Waals surface area contributed by atoms with Crippen LogP contribution in [0.25, 0.3) is 0 Å². The Balaban J connectivity index is 2.51. The van der Waals surface area contributed by atoms with Crippen molar-refractivity contribution in [2.45, 2.75) is 24.6 Å². The maximum absolute atomic E-state index is 11.8. The van der Waals surface area contributed by atoms with Crippen LogP contribution in [0.2, 0.25) is 0 Å². The molecule has 0 saturated heterocycles. The molecule has 0 spiro atoms. The van der Waals surface area contributed by atoms with Gasteiger partial charge in [0.05, 0.1) is 5.75 Å². The van der Waals surface area contributed by atoms with Crippen LogP contribution in [0.4, 0.5) is 5.82 Å². The van der Waals surface area contributed by atoms with Crippen molar-refractivity contribution in [2.24, 2.45) is 5.73 Å². The van der Waals surface area contributed by atoms with E-state index in [-0.39, 0.29) is 11.7 Å². The zero-order valence-electron chi connectivity index (χ0n) is 11.1. The van der Waals surface area contributed by atoms with Gasteiger partial charge in [-0.1, -0.05) is 0 Å². The number of amides is 1. The molecule has 0 bridgehead atoms. The van der Waals surface area contributed by atoms with Gasteiger partial charge in [0.2, 0.25) is 5.91 Å². The first kappa shape index (κ1) is 16.9. The van der Waals surface area contributed by atoms with Gasteiger partial charge in [-0.15, -0.1) is 11.8 Å². The highest BCUT2D eigenvalue weighted by Crippen LogP contribution is 2.27. The summed E-state index contributed by atoms with van der Waals surface area (Å²) in [6, 6.07) is 2.40. The molecular formula is C12H16BrN3O3S. The number of rotatable bonds is 6. The third-order valence-electron chi connectivity index (χ3n) is 2.59. The second kappa shape index (κ2) is 7.05. The number of nitrogens with zero attached hydrogens (tertiary/aromatic N) is 1. The number of nitrogens with one attached hydrogen (secondary N) is 1. The summed E-state index contributed by atoms with van der Waals surface area (Å²) < 4.78 is 0.0782. The van der Waals surface area contributed by atoms with Crippen molar-refractivity contribution >= 4 is 45.4 Å². The van der Waals surface area contributed by atoms with Crippen LogP contribution in [-0.4, -0.2) is 38.5 Å². The lowest BCUT2D eigenvalue weighted by atomic mass is 10.1. The van der Waals surface area contributed by atoms with Gasteiger partial charge in [0.25, 0.3) is 0 Å². The van der Waals surface area contributed by atoms with Crippen molar-refractivity contribution in [2.75, 3.05) is 11.1 Å². The smallest absolute Gasteiger partial charge is 0.321 e. The lowest BCUT2D eigenvalue weighted by Crippen LogP contribution is -2.47. The number of pyridine rings is 1. The lowest BCUT2D eigenvalue weighted by Gasteiger charge is -2.27. The minimum atomic E-state index is -1.09. The number of aromatic nitrogens is 1. The SMILES string of the molecule is CC(C)(SCC(=O)Nc1ccc(Br)cn1)[C@H](N)C(=O)O. The zero-order chi connectivity index (χ0) is 15.3. The van der Waals surface area contributed by atoms with Crippen molar-refractivity contribution in [3.63, 3.8) is 0 Å². The summed E-state index contributed by atoms with van der Waals surface area (Å²) in [5.74, 6) is -0.793. The molecule has 0 unspecified atom stereocenters. The molecule has 0 fully saturated rings. The Kier molecular flexibility index (Phi) is 5.97. The van der Waals surface area contributed by atoms with E-state index in [1.807, 2.05) is 0 Å². The van der Waals surface area contributed by atoms with E-state index in [9.17, 15) is 9.59 Å². The number of carboxylic acid groups (broad SMARTS) is 1. The number of carboxylic acids is 1. The molecule has 6 nitrogen and oxygen atoms in total. The molecule has 0 aliphatic heterocycles. The van der Waals surface area contributed by atoms with E-state index >= 15 is 0 Å². The molecule has 0 aliphatic rings. The molecule has 1 atom stereocenters. The number of carbonyl (C=O) groups is 2. The van der Waals surface area contributed by atoms with Crippen LogP contribution in [0.1, 0.15) is 13.8 Å². The third kappa shape index (κ3) is 5.10. The molecule has 4 N–H and O–H groups in total. The summed E-state index contributed by atoms with van der Waals surface area (Å²) in [7, 11) is 0. The van der Waals surface area contributed by atoms with Gasteiger partial charge in [-0.25, -0.2) is 4.98 Å². The number of aliphatic carboxylic acids is 1. The second-order valence-electron chi connectivity index (χ2n) is 4.62. The van der Waals surface area contributed by atoms with Crippen molar-refractivity contribution in [1.82, 2.24) is 4.98 Å². The summed E-state index contributed by atoms with van der Waals surface area (Å²) in [6.07, 6.45) is 1.58. The minimum absolute atomic E-state index is 0.103. The summed E-state index contributed by atoms with van der Waals surface area (Å²) in [4.78, 5) is 26.6. The molecule has 0 aliphatic carbocycles. The van der Waals surface area contributed by atoms with E-state index in [0.717, 1.165) is 4.47 Å². The maximum Gasteiger partial charge on any atom is 0.321 e. The van der Waals surface area contributed by atoms with E-state index in [1.165, 1.54) is 11.8 Å². The fraction of sp³-hybridized carbons (Fsp3) is 0.417. The minimum Gasteiger partial charge on any atom is -0.480 e. The maximum atomic E-state index is 11.8. The van der Waals surface area contributed by atoms with Gasteiger partial charge in [-0.3, -0.25) is 9.59 Å². The number of hydrogen-bond acceptors (Lipinski definition) is 5.